The maximum Gasteiger partial charge on any atom is 0.272 e. The summed E-state index contributed by atoms with van der Waals surface area (Å²) >= 11 is 5.77. The number of hydrogen-bond acceptors (Lipinski definition) is 2. The van der Waals surface area contributed by atoms with Gasteiger partial charge in [-0.25, -0.2) is 0 Å². The molecule has 0 radical (unpaired) electrons. The van der Waals surface area contributed by atoms with Gasteiger partial charge in [0.2, 0.25) is 0 Å². The number of hydrogen-bond donors (Lipinski definition) is 3. The van der Waals surface area contributed by atoms with E-state index in [-0.39, 0.29) is 12.5 Å². The number of amides is 1. The fraction of sp³-hybridized carbons (Fsp3) is 0.133. The van der Waals surface area contributed by atoms with Crippen LogP contribution in [0.1, 0.15) is 21.6 Å². The SMILES string of the molecule is Cc1ccc(NC(=O)c2cc(Cl)c[nH]2)c(C#CCO)c1. The van der Waals surface area contributed by atoms with Crippen LogP contribution in [0.25, 0.3) is 0 Å². The van der Waals surface area contributed by atoms with Crippen LogP contribution < -0.4 is 5.32 Å². The van der Waals surface area contributed by atoms with Crippen molar-refractivity contribution in [1.82, 2.24) is 4.98 Å². The van der Waals surface area contributed by atoms with Gasteiger partial charge in [-0.05, 0) is 30.7 Å². The monoisotopic (exact) mass is 288 g/mol. The third-order valence-electron chi connectivity index (χ3n) is 2.62. The Balaban J connectivity index is 2.26. The number of nitrogens with one attached hydrogen (secondary N) is 2. The highest BCUT2D eigenvalue weighted by Crippen LogP contribution is 2.18. The van der Waals surface area contributed by atoms with Crippen molar-refractivity contribution in [2.75, 3.05) is 11.9 Å². The summed E-state index contributed by atoms with van der Waals surface area (Å²) in [6, 6.07) is 7.05. The van der Waals surface area contributed by atoms with E-state index in [4.69, 9.17) is 16.7 Å². The minimum atomic E-state index is -0.298. The average Bonchev–Trinajstić information content (AvgIpc) is 2.85. The Hall–Kier alpha value is -2.22. The lowest BCUT2D eigenvalue weighted by Gasteiger charge is -2.07. The molecule has 4 nitrogen and oxygen atoms in total. The van der Waals surface area contributed by atoms with Gasteiger partial charge in [0.15, 0.2) is 0 Å². The molecular formula is C15H13ClN2O2. The van der Waals surface area contributed by atoms with Gasteiger partial charge in [0.25, 0.3) is 5.91 Å². The molecule has 2 rings (SSSR count). The van der Waals surface area contributed by atoms with Gasteiger partial charge in [-0.1, -0.05) is 29.5 Å². The Kier molecular flexibility index (Phi) is 4.46. The predicted octanol–water partition coefficient (Wildman–Crippen LogP) is 2.57. The van der Waals surface area contributed by atoms with Gasteiger partial charge in [-0.3, -0.25) is 4.79 Å². The summed E-state index contributed by atoms with van der Waals surface area (Å²) in [6.07, 6.45) is 1.54. The minimum Gasteiger partial charge on any atom is -0.384 e. The summed E-state index contributed by atoms with van der Waals surface area (Å²) in [5, 5.41) is 12.0. The number of aliphatic hydroxyl groups excluding tert-OH is 1. The van der Waals surface area contributed by atoms with Crippen LogP contribution in [0, 0.1) is 18.8 Å². The Morgan fingerprint density at radius 2 is 2.25 bits per heavy atom. The molecule has 1 amide bonds. The van der Waals surface area contributed by atoms with E-state index in [0.717, 1.165) is 5.56 Å². The average molecular weight is 289 g/mol. The van der Waals surface area contributed by atoms with Crippen molar-refractivity contribution >= 4 is 23.2 Å². The molecule has 0 spiro atoms. The molecule has 20 heavy (non-hydrogen) atoms. The zero-order chi connectivity index (χ0) is 14.5. The van der Waals surface area contributed by atoms with Crippen molar-refractivity contribution in [3.8, 4) is 11.8 Å². The maximum atomic E-state index is 12.0. The van der Waals surface area contributed by atoms with Gasteiger partial charge in [-0.2, -0.15) is 0 Å². The summed E-state index contributed by atoms with van der Waals surface area (Å²) in [6.45, 7) is 1.70. The van der Waals surface area contributed by atoms with E-state index in [2.05, 4.69) is 22.1 Å². The van der Waals surface area contributed by atoms with Crippen LogP contribution in [0.4, 0.5) is 5.69 Å². The van der Waals surface area contributed by atoms with Crippen LogP contribution >= 0.6 is 11.6 Å². The number of carbonyl (C=O) groups excluding carboxylic acids is 1. The van der Waals surface area contributed by atoms with Crippen LogP contribution in [0.5, 0.6) is 0 Å². The number of aromatic nitrogens is 1. The lowest BCUT2D eigenvalue weighted by molar-refractivity contribution is 0.102. The van der Waals surface area contributed by atoms with Crippen molar-refractivity contribution in [3.05, 3.63) is 52.3 Å². The van der Waals surface area contributed by atoms with Crippen LogP contribution in [0.15, 0.2) is 30.5 Å². The van der Waals surface area contributed by atoms with Crippen LogP contribution in [-0.4, -0.2) is 22.6 Å². The molecule has 0 unspecified atom stereocenters. The zero-order valence-electron chi connectivity index (χ0n) is 10.8. The normalized spacial score (nSPS) is 9.75. The topological polar surface area (TPSA) is 65.1 Å². The van der Waals surface area contributed by atoms with Crippen molar-refractivity contribution in [2.24, 2.45) is 0 Å². The second kappa shape index (κ2) is 6.29. The fourth-order valence-corrected chi connectivity index (χ4v) is 1.86. The zero-order valence-corrected chi connectivity index (χ0v) is 11.6. The lowest BCUT2D eigenvalue weighted by Crippen LogP contribution is -2.13. The van der Waals surface area contributed by atoms with Crippen molar-refractivity contribution < 1.29 is 9.90 Å². The molecule has 102 valence electrons. The first-order chi connectivity index (χ1) is 9.60. The molecule has 0 saturated heterocycles. The largest absolute Gasteiger partial charge is 0.384 e. The summed E-state index contributed by atoms with van der Waals surface area (Å²) in [5.74, 6) is 5.09. The van der Waals surface area contributed by atoms with E-state index in [1.54, 1.807) is 12.1 Å². The molecule has 0 aliphatic heterocycles. The number of halogens is 1. The van der Waals surface area contributed by atoms with Crippen molar-refractivity contribution in [3.63, 3.8) is 0 Å². The first-order valence-electron chi connectivity index (χ1n) is 5.96. The van der Waals surface area contributed by atoms with Gasteiger partial charge in [0.05, 0.1) is 10.7 Å². The molecule has 2 aromatic rings. The second-order valence-corrected chi connectivity index (χ2v) is 4.63. The van der Waals surface area contributed by atoms with Gasteiger partial charge >= 0.3 is 0 Å². The first-order valence-corrected chi connectivity index (χ1v) is 6.33. The molecule has 0 aliphatic carbocycles. The second-order valence-electron chi connectivity index (χ2n) is 4.19. The third kappa shape index (κ3) is 3.41. The molecule has 0 fully saturated rings. The van der Waals surface area contributed by atoms with E-state index in [9.17, 15) is 4.79 Å². The summed E-state index contributed by atoms with van der Waals surface area (Å²) in [5.41, 5.74) is 2.64. The highest BCUT2D eigenvalue weighted by Gasteiger charge is 2.10. The Morgan fingerprint density at radius 3 is 2.90 bits per heavy atom. The maximum absolute atomic E-state index is 12.0. The number of carbonyl (C=O) groups is 1. The van der Waals surface area contributed by atoms with E-state index >= 15 is 0 Å². The van der Waals surface area contributed by atoms with E-state index in [0.29, 0.717) is 22.0 Å². The molecule has 0 saturated carbocycles. The lowest BCUT2D eigenvalue weighted by atomic mass is 10.1. The quantitative estimate of drug-likeness (QED) is 0.744. The molecule has 0 atom stereocenters. The number of anilines is 1. The number of H-pyrrole nitrogens is 1. The molecule has 3 N–H and O–H groups in total. The minimum absolute atomic E-state index is 0.229. The van der Waals surface area contributed by atoms with Crippen LogP contribution in [-0.2, 0) is 0 Å². The third-order valence-corrected chi connectivity index (χ3v) is 2.84. The molecule has 5 heteroatoms. The Morgan fingerprint density at radius 1 is 1.45 bits per heavy atom. The first kappa shape index (κ1) is 14.2. The van der Waals surface area contributed by atoms with E-state index < -0.39 is 0 Å². The fourth-order valence-electron chi connectivity index (χ4n) is 1.69. The van der Waals surface area contributed by atoms with E-state index in [1.807, 2.05) is 19.1 Å². The number of aliphatic hydroxyl groups is 1. The Bertz CT molecular complexity index is 695. The number of aryl methyl sites for hydroxylation is 1. The summed E-state index contributed by atoms with van der Waals surface area (Å²) in [4.78, 5) is 14.8. The molecule has 1 aromatic carbocycles. The highest BCUT2D eigenvalue weighted by atomic mass is 35.5. The molecule has 0 aliphatic rings. The smallest absolute Gasteiger partial charge is 0.272 e. The summed E-state index contributed by atoms with van der Waals surface area (Å²) in [7, 11) is 0. The number of aromatic amines is 1. The highest BCUT2D eigenvalue weighted by molar-refractivity contribution is 6.31. The molecule has 1 aromatic heterocycles. The predicted molar refractivity (Wildman–Crippen MR) is 78.9 cm³/mol. The van der Waals surface area contributed by atoms with Crippen molar-refractivity contribution in [1.29, 1.82) is 0 Å². The standard InChI is InChI=1S/C15H13ClN2O2/c1-10-4-5-13(11(7-10)3-2-6-19)18-15(20)14-8-12(16)9-17-14/h4-5,7-9,17,19H,6H2,1H3,(H,18,20). The molecule has 1 heterocycles. The molecule has 0 bridgehead atoms. The molecular weight excluding hydrogens is 276 g/mol. The van der Waals surface area contributed by atoms with Gasteiger partial charge < -0.3 is 15.4 Å². The summed E-state index contributed by atoms with van der Waals surface area (Å²) < 4.78 is 0. The van der Waals surface area contributed by atoms with Gasteiger partial charge in [0.1, 0.15) is 12.3 Å². The van der Waals surface area contributed by atoms with Gasteiger partial charge in [0, 0.05) is 11.8 Å². The van der Waals surface area contributed by atoms with E-state index in [1.165, 1.54) is 6.20 Å². The number of benzene rings is 1. The van der Waals surface area contributed by atoms with Crippen LogP contribution in [0.2, 0.25) is 5.02 Å². The van der Waals surface area contributed by atoms with Gasteiger partial charge in [-0.15, -0.1) is 0 Å². The van der Waals surface area contributed by atoms with Crippen LogP contribution in [0.3, 0.4) is 0 Å². The Labute approximate surface area is 121 Å². The number of rotatable bonds is 2. The van der Waals surface area contributed by atoms with Crippen molar-refractivity contribution in [2.45, 2.75) is 6.92 Å².